The molecular weight excluding hydrogens is 264 g/mol. The molecule has 104 valence electrons. The third-order valence-electron chi connectivity index (χ3n) is 3.29. The SMILES string of the molecule is C[C@H]1CNCCN1C(=O)c1ccc(S(C)(=O)=O)cc1. The summed E-state index contributed by atoms with van der Waals surface area (Å²) in [6.45, 7) is 4.24. The molecule has 0 unspecified atom stereocenters. The van der Waals surface area contributed by atoms with Gasteiger partial charge in [-0.1, -0.05) is 0 Å². The normalized spacial score (nSPS) is 20.3. The standard InChI is InChI=1S/C13H18N2O3S/c1-10-9-14-7-8-15(10)13(16)11-3-5-12(6-4-11)19(2,17)18/h3-6,10,14H,7-9H2,1-2H3/t10-/m0/s1. The van der Waals surface area contributed by atoms with Gasteiger partial charge in [0.2, 0.25) is 0 Å². The molecule has 5 nitrogen and oxygen atoms in total. The van der Waals surface area contributed by atoms with Crippen LogP contribution in [-0.4, -0.2) is 51.2 Å². The minimum absolute atomic E-state index is 0.0472. The fraction of sp³-hybridized carbons (Fsp3) is 0.462. The van der Waals surface area contributed by atoms with Gasteiger partial charge >= 0.3 is 0 Å². The van der Waals surface area contributed by atoms with Gasteiger partial charge in [0.25, 0.3) is 5.91 Å². The number of nitrogens with one attached hydrogen (secondary N) is 1. The Morgan fingerprint density at radius 2 is 1.95 bits per heavy atom. The maximum atomic E-state index is 12.3. The average Bonchev–Trinajstić information content (AvgIpc) is 2.38. The van der Waals surface area contributed by atoms with E-state index < -0.39 is 9.84 Å². The molecule has 1 aromatic rings. The fourth-order valence-electron chi connectivity index (χ4n) is 2.15. The molecule has 1 heterocycles. The quantitative estimate of drug-likeness (QED) is 0.859. The number of sulfone groups is 1. The first-order valence-electron chi connectivity index (χ1n) is 6.21. The summed E-state index contributed by atoms with van der Waals surface area (Å²) in [7, 11) is -3.22. The number of carbonyl (C=O) groups excluding carboxylic acids is 1. The van der Waals surface area contributed by atoms with Gasteiger partial charge in [-0.3, -0.25) is 4.79 Å². The van der Waals surface area contributed by atoms with Crippen LogP contribution < -0.4 is 5.32 Å². The second-order valence-electron chi connectivity index (χ2n) is 4.85. The van der Waals surface area contributed by atoms with E-state index in [-0.39, 0.29) is 16.8 Å². The van der Waals surface area contributed by atoms with Gasteiger partial charge in [0.15, 0.2) is 9.84 Å². The van der Waals surface area contributed by atoms with E-state index in [1.54, 1.807) is 12.1 Å². The number of piperazine rings is 1. The molecule has 0 bridgehead atoms. The van der Waals surface area contributed by atoms with Crippen LogP contribution in [0.25, 0.3) is 0 Å². The van der Waals surface area contributed by atoms with E-state index in [0.29, 0.717) is 12.1 Å². The molecule has 0 aliphatic carbocycles. The van der Waals surface area contributed by atoms with E-state index in [2.05, 4.69) is 5.32 Å². The van der Waals surface area contributed by atoms with Gasteiger partial charge in [-0.2, -0.15) is 0 Å². The average molecular weight is 282 g/mol. The first kappa shape index (κ1) is 14.0. The zero-order chi connectivity index (χ0) is 14.0. The van der Waals surface area contributed by atoms with Crippen LogP contribution in [0.1, 0.15) is 17.3 Å². The number of rotatable bonds is 2. The Labute approximate surface area is 113 Å². The third kappa shape index (κ3) is 3.13. The molecule has 1 aliphatic heterocycles. The van der Waals surface area contributed by atoms with Crippen molar-refractivity contribution in [3.8, 4) is 0 Å². The molecule has 0 spiro atoms. The van der Waals surface area contributed by atoms with Crippen molar-refractivity contribution >= 4 is 15.7 Å². The number of hydrogen-bond donors (Lipinski definition) is 1. The van der Waals surface area contributed by atoms with E-state index >= 15 is 0 Å². The molecule has 1 aromatic carbocycles. The van der Waals surface area contributed by atoms with Gasteiger partial charge in [0.1, 0.15) is 0 Å². The van der Waals surface area contributed by atoms with Crippen molar-refractivity contribution < 1.29 is 13.2 Å². The summed E-state index contributed by atoms with van der Waals surface area (Å²) in [5.41, 5.74) is 0.529. The van der Waals surface area contributed by atoms with Gasteiger partial charge in [-0.15, -0.1) is 0 Å². The summed E-state index contributed by atoms with van der Waals surface area (Å²) in [5.74, 6) is -0.0472. The van der Waals surface area contributed by atoms with Crippen LogP contribution in [0.15, 0.2) is 29.2 Å². The van der Waals surface area contributed by atoms with Crippen molar-refractivity contribution in [3.63, 3.8) is 0 Å². The van der Waals surface area contributed by atoms with E-state index in [1.807, 2.05) is 11.8 Å². The van der Waals surface area contributed by atoms with Crippen molar-refractivity contribution in [2.24, 2.45) is 0 Å². The molecule has 1 atom stereocenters. The first-order valence-corrected chi connectivity index (χ1v) is 8.10. The summed E-state index contributed by atoms with van der Waals surface area (Å²) < 4.78 is 22.7. The molecule has 2 rings (SSSR count). The van der Waals surface area contributed by atoms with Crippen LogP contribution in [0, 0.1) is 0 Å². The van der Waals surface area contributed by atoms with Crippen molar-refractivity contribution in [3.05, 3.63) is 29.8 Å². The highest BCUT2D eigenvalue weighted by Gasteiger charge is 2.24. The Morgan fingerprint density at radius 3 is 2.47 bits per heavy atom. The number of nitrogens with zero attached hydrogens (tertiary/aromatic N) is 1. The zero-order valence-corrected chi connectivity index (χ0v) is 11.9. The summed E-state index contributed by atoms with van der Waals surface area (Å²) >= 11 is 0. The van der Waals surface area contributed by atoms with Crippen LogP contribution in [0.3, 0.4) is 0 Å². The van der Waals surface area contributed by atoms with Crippen LogP contribution >= 0.6 is 0 Å². The highest BCUT2D eigenvalue weighted by molar-refractivity contribution is 7.90. The lowest BCUT2D eigenvalue weighted by atomic mass is 10.1. The zero-order valence-electron chi connectivity index (χ0n) is 11.1. The highest BCUT2D eigenvalue weighted by atomic mass is 32.2. The van der Waals surface area contributed by atoms with Crippen molar-refractivity contribution in [1.82, 2.24) is 10.2 Å². The van der Waals surface area contributed by atoms with Gasteiger partial charge in [-0.05, 0) is 31.2 Å². The Bertz CT molecular complexity index is 566. The smallest absolute Gasteiger partial charge is 0.254 e. The monoisotopic (exact) mass is 282 g/mol. The Kier molecular flexibility index (Phi) is 3.91. The molecule has 1 saturated heterocycles. The maximum Gasteiger partial charge on any atom is 0.254 e. The van der Waals surface area contributed by atoms with Gasteiger partial charge in [0, 0.05) is 37.5 Å². The van der Waals surface area contributed by atoms with Crippen LogP contribution in [0.2, 0.25) is 0 Å². The molecule has 1 fully saturated rings. The lowest BCUT2D eigenvalue weighted by Crippen LogP contribution is -2.52. The van der Waals surface area contributed by atoms with Crippen molar-refractivity contribution in [2.75, 3.05) is 25.9 Å². The molecule has 1 aliphatic rings. The molecule has 1 amide bonds. The molecule has 0 radical (unpaired) electrons. The predicted octanol–water partition coefficient (Wildman–Crippen LogP) is 0.524. The molecule has 19 heavy (non-hydrogen) atoms. The third-order valence-corrected chi connectivity index (χ3v) is 4.42. The van der Waals surface area contributed by atoms with Crippen molar-refractivity contribution in [2.45, 2.75) is 17.9 Å². The lowest BCUT2D eigenvalue weighted by molar-refractivity contribution is 0.0655. The summed E-state index contributed by atoms with van der Waals surface area (Å²) in [6, 6.07) is 6.27. The minimum atomic E-state index is -3.22. The predicted molar refractivity (Wildman–Crippen MR) is 72.9 cm³/mol. The highest BCUT2D eigenvalue weighted by Crippen LogP contribution is 2.14. The van der Waals surface area contributed by atoms with E-state index in [1.165, 1.54) is 12.1 Å². The lowest BCUT2D eigenvalue weighted by Gasteiger charge is -2.34. The van der Waals surface area contributed by atoms with Crippen molar-refractivity contribution in [1.29, 1.82) is 0 Å². The second kappa shape index (κ2) is 5.30. The maximum absolute atomic E-state index is 12.3. The number of carbonyl (C=O) groups is 1. The number of amides is 1. The topological polar surface area (TPSA) is 66.5 Å². The van der Waals surface area contributed by atoms with E-state index in [0.717, 1.165) is 19.3 Å². The summed E-state index contributed by atoms with van der Waals surface area (Å²) in [5, 5.41) is 3.23. The molecule has 0 aromatic heterocycles. The largest absolute Gasteiger partial charge is 0.333 e. The summed E-state index contributed by atoms with van der Waals surface area (Å²) in [6.07, 6.45) is 1.15. The Hall–Kier alpha value is -1.40. The summed E-state index contributed by atoms with van der Waals surface area (Å²) in [4.78, 5) is 14.4. The van der Waals surface area contributed by atoms with Gasteiger partial charge in [0.05, 0.1) is 4.90 Å². The molecule has 6 heteroatoms. The first-order chi connectivity index (χ1) is 8.89. The molecule has 0 saturated carbocycles. The van der Waals surface area contributed by atoms with Crippen LogP contribution in [0.5, 0.6) is 0 Å². The number of benzene rings is 1. The fourth-order valence-corrected chi connectivity index (χ4v) is 2.78. The Morgan fingerprint density at radius 1 is 1.32 bits per heavy atom. The second-order valence-corrected chi connectivity index (χ2v) is 6.86. The Balaban J connectivity index is 2.20. The van der Waals surface area contributed by atoms with Gasteiger partial charge < -0.3 is 10.2 Å². The van der Waals surface area contributed by atoms with Crippen LogP contribution in [-0.2, 0) is 9.84 Å². The minimum Gasteiger partial charge on any atom is -0.333 e. The number of hydrogen-bond acceptors (Lipinski definition) is 4. The molecule has 1 N–H and O–H groups in total. The molecular formula is C13H18N2O3S. The van der Waals surface area contributed by atoms with E-state index in [4.69, 9.17) is 0 Å². The van der Waals surface area contributed by atoms with Crippen LogP contribution in [0.4, 0.5) is 0 Å². The van der Waals surface area contributed by atoms with Gasteiger partial charge in [-0.25, -0.2) is 8.42 Å². The van der Waals surface area contributed by atoms with E-state index in [9.17, 15) is 13.2 Å².